The fraction of sp³-hybridized carbons (Fsp3) is 0.500. The summed E-state index contributed by atoms with van der Waals surface area (Å²) in [6, 6.07) is 7.80. The van der Waals surface area contributed by atoms with Gasteiger partial charge in [-0.15, -0.1) is 0 Å². The summed E-state index contributed by atoms with van der Waals surface area (Å²) in [6.07, 6.45) is -3.40. The second-order valence-corrected chi connectivity index (χ2v) is 4.70. The summed E-state index contributed by atoms with van der Waals surface area (Å²) in [5.41, 5.74) is 1.94. The van der Waals surface area contributed by atoms with E-state index in [-0.39, 0.29) is 6.54 Å². The van der Waals surface area contributed by atoms with Gasteiger partial charge < -0.3 is 15.0 Å². The summed E-state index contributed by atoms with van der Waals surface area (Å²) < 4.78 is 26.5. The van der Waals surface area contributed by atoms with Crippen LogP contribution < -0.4 is 5.32 Å². The first-order valence-electron chi connectivity index (χ1n) is 6.74. The number of aliphatic hydroxyl groups is 1. The van der Waals surface area contributed by atoms with Crippen molar-refractivity contribution in [2.24, 2.45) is 0 Å². The molecule has 2 aromatic rings. The first-order valence-corrected chi connectivity index (χ1v) is 6.74. The molecule has 0 amide bonds. The average molecular weight is 283 g/mol. The Balaban J connectivity index is 2.10. The second-order valence-electron chi connectivity index (χ2n) is 4.70. The molecule has 2 N–H and O–H groups in total. The predicted molar refractivity (Wildman–Crippen MR) is 73.7 cm³/mol. The van der Waals surface area contributed by atoms with Crippen LogP contribution in [0.25, 0.3) is 11.0 Å². The van der Waals surface area contributed by atoms with Crippen molar-refractivity contribution in [2.75, 3.05) is 6.54 Å². The lowest BCUT2D eigenvalue weighted by atomic mass is 10.3. The van der Waals surface area contributed by atoms with Gasteiger partial charge in [0.05, 0.1) is 17.6 Å². The Morgan fingerprint density at radius 2 is 2.10 bits per heavy atom. The lowest BCUT2D eigenvalue weighted by molar-refractivity contribution is -0.00350. The number of nitrogens with one attached hydrogen (secondary N) is 1. The highest BCUT2D eigenvalue weighted by Gasteiger charge is 2.16. The quantitative estimate of drug-likeness (QED) is 0.818. The summed E-state index contributed by atoms with van der Waals surface area (Å²) in [7, 11) is 0. The van der Waals surface area contributed by atoms with E-state index in [0.29, 0.717) is 6.54 Å². The number of aryl methyl sites for hydroxylation is 1. The highest BCUT2D eigenvalue weighted by atomic mass is 19.3. The average Bonchev–Trinajstić information content (AvgIpc) is 2.77. The molecular weight excluding hydrogens is 264 g/mol. The van der Waals surface area contributed by atoms with Gasteiger partial charge in [0.15, 0.2) is 0 Å². The Morgan fingerprint density at radius 1 is 1.35 bits per heavy atom. The number of fused-ring (bicyclic) bond motifs is 1. The molecule has 0 spiro atoms. The normalized spacial score (nSPS) is 13.2. The Kier molecular flexibility index (Phi) is 5.03. The van der Waals surface area contributed by atoms with E-state index >= 15 is 0 Å². The molecule has 0 aliphatic rings. The smallest absolute Gasteiger partial charge is 0.265 e. The van der Waals surface area contributed by atoms with Gasteiger partial charge >= 0.3 is 0 Å². The molecular formula is C14H19F2N3O. The van der Waals surface area contributed by atoms with Gasteiger partial charge in [-0.2, -0.15) is 0 Å². The summed E-state index contributed by atoms with van der Waals surface area (Å²) >= 11 is 0. The zero-order chi connectivity index (χ0) is 14.5. The molecule has 20 heavy (non-hydrogen) atoms. The predicted octanol–water partition coefficient (Wildman–Crippen LogP) is 2.16. The van der Waals surface area contributed by atoms with Crippen LogP contribution in [0.5, 0.6) is 0 Å². The Labute approximate surface area is 116 Å². The number of imidazole rings is 1. The van der Waals surface area contributed by atoms with Crippen molar-refractivity contribution in [1.82, 2.24) is 14.9 Å². The maximum Gasteiger partial charge on any atom is 0.265 e. The topological polar surface area (TPSA) is 50.1 Å². The molecule has 0 fully saturated rings. The first-order chi connectivity index (χ1) is 9.63. The van der Waals surface area contributed by atoms with E-state index in [0.717, 1.165) is 29.8 Å². The van der Waals surface area contributed by atoms with Crippen molar-refractivity contribution >= 4 is 11.0 Å². The molecule has 0 aliphatic heterocycles. The van der Waals surface area contributed by atoms with Crippen molar-refractivity contribution in [3.8, 4) is 0 Å². The van der Waals surface area contributed by atoms with Crippen LogP contribution >= 0.6 is 0 Å². The molecule has 1 unspecified atom stereocenters. The van der Waals surface area contributed by atoms with Crippen LogP contribution in [-0.4, -0.2) is 33.7 Å². The third kappa shape index (κ3) is 3.32. The molecule has 110 valence electrons. The van der Waals surface area contributed by atoms with Crippen LogP contribution in [-0.2, 0) is 13.1 Å². The number of hydrogen-bond acceptors (Lipinski definition) is 3. The largest absolute Gasteiger partial charge is 0.386 e. The standard InChI is InChI=1S/C14H19F2N3O/c1-2-7-19-11-6-4-3-5-10(11)18-13(19)9-17-8-12(20)14(15)16/h3-6,12,14,17,20H,2,7-9H2,1H3. The number of alkyl halides is 2. The molecule has 0 bridgehead atoms. The van der Waals surface area contributed by atoms with E-state index in [1.807, 2.05) is 24.3 Å². The van der Waals surface area contributed by atoms with Gasteiger partial charge in [-0.1, -0.05) is 19.1 Å². The number of aromatic nitrogens is 2. The van der Waals surface area contributed by atoms with Crippen molar-refractivity contribution in [2.45, 2.75) is 39.0 Å². The minimum Gasteiger partial charge on any atom is -0.386 e. The number of rotatable bonds is 7. The number of nitrogens with zero attached hydrogens (tertiary/aromatic N) is 2. The van der Waals surface area contributed by atoms with Crippen LogP contribution in [0.1, 0.15) is 19.2 Å². The Morgan fingerprint density at radius 3 is 2.80 bits per heavy atom. The van der Waals surface area contributed by atoms with E-state index in [1.165, 1.54) is 0 Å². The number of halogens is 2. The van der Waals surface area contributed by atoms with Crippen molar-refractivity contribution < 1.29 is 13.9 Å². The third-order valence-corrected chi connectivity index (χ3v) is 3.11. The highest BCUT2D eigenvalue weighted by Crippen LogP contribution is 2.16. The number of hydrogen-bond donors (Lipinski definition) is 2. The van der Waals surface area contributed by atoms with Gasteiger partial charge in [-0.25, -0.2) is 13.8 Å². The molecule has 1 atom stereocenters. The maximum absolute atomic E-state index is 12.2. The second kappa shape index (κ2) is 6.76. The summed E-state index contributed by atoms with van der Waals surface area (Å²) in [6.45, 7) is 3.12. The van der Waals surface area contributed by atoms with Crippen LogP contribution in [0.2, 0.25) is 0 Å². The van der Waals surface area contributed by atoms with E-state index in [2.05, 4.69) is 21.8 Å². The molecule has 1 aromatic carbocycles. The van der Waals surface area contributed by atoms with E-state index in [1.54, 1.807) is 0 Å². The van der Waals surface area contributed by atoms with Crippen LogP contribution in [0.3, 0.4) is 0 Å². The molecule has 1 heterocycles. The Hall–Kier alpha value is -1.53. The highest BCUT2D eigenvalue weighted by molar-refractivity contribution is 5.75. The third-order valence-electron chi connectivity index (χ3n) is 3.11. The van der Waals surface area contributed by atoms with E-state index in [4.69, 9.17) is 5.11 Å². The maximum atomic E-state index is 12.2. The lowest BCUT2D eigenvalue weighted by Crippen LogP contribution is -2.32. The molecule has 0 radical (unpaired) electrons. The lowest BCUT2D eigenvalue weighted by Gasteiger charge is -2.11. The number of aliphatic hydroxyl groups excluding tert-OH is 1. The monoisotopic (exact) mass is 283 g/mol. The van der Waals surface area contributed by atoms with Gasteiger partial charge in [0.2, 0.25) is 0 Å². The van der Waals surface area contributed by atoms with Crippen LogP contribution in [0.15, 0.2) is 24.3 Å². The van der Waals surface area contributed by atoms with Gasteiger partial charge in [0.1, 0.15) is 11.9 Å². The number of benzene rings is 1. The summed E-state index contributed by atoms with van der Waals surface area (Å²) in [5, 5.41) is 11.9. The first kappa shape index (κ1) is 14.9. The summed E-state index contributed by atoms with van der Waals surface area (Å²) in [5.74, 6) is 0.800. The summed E-state index contributed by atoms with van der Waals surface area (Å²) in [4.78, 5) is 4.50. The van der Waals surface area contributed by atoms with Gasteiger partial charge in [0.25, 0.3) is 6.43 Å². The minimum absolute atomic E-state index is 0.146. The molecule has 0 saturated heterocycles. The van der Waals surface area contributed by atoms with Crippen LogP contribution in [0.4, 0.5) is 8.78 Å². The van der Waals surface area contributed by atoms with Gasteiger partial charge in [0, 0.05) is 13.1 Å². The van der Waals surface area contributed by atoms with Crippen LogP contribution in [0, 0.1) is 0 Å². The fourth-order valence-electron chi connectivity index (χ4n) is 2.15. The molecule has 6 heteroatoms. The molecule has 2 rings (SSSR count). The van der Waals surface area contributed by atoms with E-state index in [9.17, 15) is 8.78 Å². The minimum atomic E-state index is -2.73. The van der Waals surface area contributed by atoms with Crippen molar-refractivity contribution in [3.05, 3.63) is 30.1 Å². The van der Waals surface area contributed by atoms with Crippen molar-refractivity contribution in [1.29, 1.82) is 0 Å². The SMILES string of the molecule is CCCn1c(CNCC(O)C(F)F)nc2ccccc21. The zero-order valence-corrected chi connectivity index (χ0v) is 11.4. The van der Waals surface area contributed by atoms with Gasteiger partial charge in [-0.05, 0) is 18.6 Å². The Bertz CT molecular complexity index is 556. The molecule has 1 aromatic heterocycles. The molecule has 4 nitrogen and oxygen atoms in total. The molecule has 0 aliphatic carbocycles. The number of para-hydroxylation sites is 2. The van der Waals surface area contributed by atoms with Gasteiger partial charge in [-0.3, -0.25) is 0 Å². The van der Waals surface area contributed by atoms with Crippen molar-refractivity contribution in [3.63, 3.8) is 0 Å². The zero-order valence-electron chi connectivity index (χ0n) is 11.4. The van der Waals surface area contributed by atoms with E-state index < -0.39 is 12.5 Å². The fourth-order valence-corrected chi connectivity index (χ4v) is 2.15. The molecule has 0 saturated carbocycles.